The van der Waals surface area contributed by atoms with Gasteiger partial charge in [0.15, 0.2) is 0 Å². The molecule has 0 bridgehead atoms. The Balaban J connectivity index is 1.24. The summed E-state index contributed by atoms with van der Waals surface area (Å²) in [5, 5.41) is 8.94. The van der Waals surface area contributed by atoms with Gasteiger partial charge in [0.25, 0.3) is 5.91 Å². The van der Waals surface area contributed by atoms with Gasteiger partial charge in [0.2, 0.25) is 0 Å². The second-order valence-electron chi connectivity index (χ2n) is 8.65. The van der Waals surface area contributed by atoms with Crippen LogP contribution in [0.5, 0.6) is 0 Å². The molecule has 2 aromatic carbocycles. The summed E-state index contributed by atoms with van der Waals surface area (Å²) in [6.07, 6.45) is 0.0962. The van der Waals surface area contributed by atoms with Crippen LogP contribution in [0.1, 0.15) is 41.9 Å². The Morgan fingerprint density at radius 1 is 0.882 bits per heavy atom. The molecule has 0 spiro atoms. The fraction of sp³-hybridized carbons (Fsp3) is 0.269. The zero-order valence-corrected chi connectivity index (χ0v) is 18.3. The summed E-state index contributed by atoms with van der Waals surface area (Å²) in [7, 11) is 0. The molecule has 0 unspecified atom stereocenters. The van der Waals surface area contributed by atoms with Crippen LogP contribution in [-0.2, 0) is 6.18 Å². The predicted molar refractivity (Wildman–Crippen MR) is 126 cm³/mol. The average Bonchev–Trinajstić information content (AvgIpc) is 2.84. The number of halogens is 3. The van der Waals surface area contributed by atoms with E-state index in [1.807, 2.05) is 24.3 Å². The molecular weight excluding hydrogens is 441 g/mol. The normalized spacial score (nSPS) is 18.7. The number of nitrogens with one attached hydrogen (secondary N) is 2. The number of pyridine rings is 2. The van der Waals surface area contributed by atoms with Gasteiger partial charge in [0.05, 0.1) is 5.52 Å². The number of nitrogens with zero attached hydrogens (tertiary/aromatic N) is 2. The minimum Gasteiger partial charge on any atom is -0.382 e. The van der Waals surface area contributed by atoms with Crippen molar-refractivity contribution in [3.8, 4) is 0 Å². The van der Waals surface area contributed by atoms with Gasteiger partial charge in [-0.05, 0) is 49.3 Å². The number of fused-ring (bicyclic) bond motifs is 2. The van der Waals surface area contributed by atoms with Gasteiger partial charge >= 0.3 is 6.18 Å². The molecule has 0 saturated heterocycles. The number of anilines is 1. The van der Waals surface area contributed by atoms with Gasteiger partial charge in [-0.1, -0.05) is 42.5 Å². The van der Waals surface area contributed by atoms with Crippen LogP contribution in [0.25, 0.3) is 21.7 Å². The summed E-state index contributed by atoms with van der Waals surface area (Å²) in [4.78, 5) is 20.8. The lowest BCUT2D eigenvalue weighted by molar-refractivity contribution is -0.140. The first-order valence-electron chi connectivity index (χ1n) is 11.3. The minimum absolute atomic E-state index is 0.00117. The molecule has 1 aliphatic rings. The first-order chi connectivity index (χ1) is 16.4. The molecule has 0 radical (unpaired) electrons. The maximum Gasteiger partial charge on any atom is 0.433 e. The highest BCUT2D eigenvalue weighted by Crippen LogP contribution is 2.34. The van der Waals surface area contributed by atoms with Crippen LogP contribution in [0.15, 0.2) is 66.9 Å². The molecule has 1 saturated carbocycles. The van der Waals surface area contributed by atoms with E-state index in [-0.39, 0.29) is 18.0 Å². The van der Waals surface area contributed by atoms with E-state index in [4.69, 9.17) is 0 Å². The SMILES string of the molecule is O=C(N[C@H]1CC[C@@H](Nc2cc(C(F)(F)F)nc3ccccc23)CC1)c1cc2ccccc2cn1. The van der Waals surface area contributed by atoms with Gasteiger partial charge in [0.1, 0.15) is 11.4 Å². The van der Waals surface area contributed by atoms with Crippen molar-refractivity contribution in [2.24, 2.45) is 0 Å². The van der Waals surface area contributed by atoms with Crippen LogP contribution in [0.4, 0.5) is 18.9 Å². The van der Waals surface area contributed by atoms with Crippen LogP contribution >= 0.6 is 0 Å². The van der Waals surface area contributed by atoms with Crippen molar-refractivity contribution in [1.82, 2.24) is 15.3 Å². The maximum absolute atomic E-state index is 13.3. The molecule has 1 aliphatic carbocycles. The Kier molecular flexibility index (Phi) is 5.81. The van der Waals surface area contributed by atoms with Crippen molar-refractivity contribution >= 4 is 33.3 Å². The molecule has 1 fully saturated rings. The number of amides is 1. The molecule has 2 aromatic heterocycles. The van der Waals surface area contributed by atoms with Crippen molar-refractivity contribution in [3.63, 3.8) is 0 Å². The largest absolute Gasteiger partial charge is 0.433 e. The highest BCUT2D eigenvalue weighted by atomic mass is 19.4. The van der Waals surface area contributed by atoms with Gasteiger partial charge in [-0.2, -0.15) is 13.2 Å². The van der Waals surface area contributed by atoms with E-state index in [9.17, 15) is 18.0 Å². The molecule has 4 aromatic rings. The Labute approximate surface area is 194 Å². The quantitative estimate of drug-likeness (QED) is 0.391. The van der Waals surface area contributed by atoms with Crippen LogP contribution in [0.3, 0.4) is 0 Å². The van der Waals surface area contributed by atoms with Crippen LogP contribution in [0, 0.1) is 0 Å². The first-order valence-corrected chi connectivity index (χ1v) is 11.3. The molecule has 2 heterocycles. The Morgan fingerprint density at radius 2 is 1.56 bits per heavy atom. The van der Waals surface area contributed by atoms with Crippen molar-refractivity contribution in [1.29, 1.82) is 0 Å². The number of para-hydroxylation sites is 1. The smallest absolute Gasteiger partial charge is 0.382 e. The van der Waals surface area contributed by atoms with E-state index >= 15 is 0 Å². The van der Waals surface area contributed by atoms with Gasteiger partial charge < -0.3 is 10.6 Å². The number of hydrogen-bond acceptors (Lipinski definition) is 4. The topological polar surface area (TPSA) is 66.9 Å². The number of alkyl halides is 3. The summed E-state index contributed by atoms with van der Waals surface area (Å²) >= 11 is 0. The van der Waals surface area contributed by atoms with E-state index in [0.717, 1.165) is 42.5 Å². The van der Waals surface area contributed by atoms with Crippen molar-refractivity contribution in [3.05, 3.63) is 78.2 Å². The monoisotopic (exact) mass is 464 g/mol. The number of carbonyl (C=O) groups excluding carboxylic acids is 1. The highest BCUT2D eigenvalue weighted by Gasteiger charge is 2.34. The number of carbonyl (C=O) groups is 1. The Hall–Kier alpha value is -3.68. The van der Waals surface area contributed by atoms with Gasteiger partial charge in [-0.15, -0.1) is 0 Å². The van der Waals surface area contributed by atoms with E-state index in [1.165, 1.54) is 0 Å². The van der Waals surface area contributed by atoms with E-state index in [2.05, 4.69) is 20.6 Å². The third-order valence-corrected chi connectivity index (χ3v) is 6.29. The summed E-state index contributed by atoms with van der Waals surface area (Å²) in [6.45, 7) is 0. The maximum atomic E-state index is 13.3. The Morgan fingerprint density at radius 3 is 2.32 bits per heavy atom. The summed E-state index contributed by atoms with van der Waals surface area (Å²) in [6, 6.07) is 17.4. The van der Waals surface area contributed by atoms with Crippen molar-refractivity contribution in [2.45, 2.75) is 43.9 Å². The zero-order chi connectivity index (χ0) is 23.7. The van der Waals surface area contributed by atoms with E-state index < -0.39 is 11.9 Å². The molecule has 34 heavy (non-hydrogen) atoms. The molecule has 0 atom stereocenters. The molecule has 5 rings (SSSR count). The van der Waals surface area contributed by atoms with Crippen LogP contribution < -0.4 is 10.6 Å². The number of benzene rings is 2. The molecule has 174 valence electrons. The highest BCUT2D eigenvalue weighted by molar-refractivity contribution is 5.96. The standard InChI is InChI=1S/C26H23F3N4O/c27-26(28,29)24-14-22(20-7-3-4-8-21(20)33-24)31-18-9-11-19(12-10-18)32-25(34)23-13-16-5-1-2-6-17(16)15-30-23/h1-8,13-15,18-19H,9-12H2,(H,31,33)(H,32,34)/t18-,19+. The molecule has 5 nitrogen and oxygen atoms in total. The summed E-state index contributed by atoms with van der Waals surface area (Å²) in [5.74, 6) is -0.211. The van der Waals surface area contributed by atoms with Crippen molar-refractivity contribution < 1.29 is 18.0 Å². The lowest BCUT2D eigenvalue weighted by Crippen LogP contribution is -2.40. The van der Waals surface area contributed by atoms with E-state index in [0.29, 0.717) is 22.3 Å². The fourth-order valence-electron chi connectivity index (χ4n) is 4.51. The van der Waals surface area contributed by atoms with Crippen molar-refractivity contribution in [2.75, 3.05) is 5.32 Å². The molecule has 0 aliphatic heterocycles. The van der Waals surface area contributed by atoms with Gasteiger partial charge in [-0.25, -0.2) is 4.98 Å². The third-order valence-electron chi connectivity index (χ3n) is 6.29. The first kappa shape index (κ1) is 22.1. The number of aromatic nitrogens is 2. The lowest BCUT2D eigenvalue weighted by Gasteiger charge is -2.30. The van der Waals surface area contributed by atoms with Crippen LogP contribution in [0.2, 0.25) is 0 Å². The number of rotatable bonds is 4. The third kappa shape index (κ3) is 4.66. The molecule has 2 N–H and O–H groups in total. The molecular formula is C26H23F3N4O. The lowest BCUT2D eigenvalue weighted by atomic mass is 9.90. The summed E-state index contributed by atoms with van der Waals surface area (Å²) < 4.78 is 40.0. The second kappa shape index (κ2) is 8.93. The average molecular weight is 464 g/mol. The zero-order valence-electron chi connectivity index (χ0n) is 18.3. The van der Waals surface area contributed by atoms with Gasteiger partial charge in [-0.3, -0.25) is 9.78 Å². The number of hydrogen-bond donors (Lipinski definition) is 2. The van der Waals surface area contributed by atoms with E-state index in [1.54, 1.807) is 36.5 Å². The summed E-state index contributed by atoms with van der Waals surface area (Å²) in [5.41, 5.74) is 0.217. The van der Waals surface area contributed by atoms with Crippen LogP contribution in [-0.4, -0.2) is 28.0 Å². The van der Waals surface area contributed by atoms with Gasteiger partial charge in [0, 0.05) is 34.7 Å². The second-order valence-corrected chi connectivity index (χ2v) is 8.65. The molecule has 1 amide bonds. The molecule has 8 heteroatoms. The minimum atomic E-state index is -4.51. The predicted octanol–water partition coefficient (Wildman–Crippen LogP) is 5.95. The Bertz CT molecular complexity index is 1350. The fourth-order valence-corrected chi connectivity index (χ4v) is 4.51.